The van der Waals surface area contributed by atoms with Gasteiger partial charge in [0.05, 0.1) is 22.7 Å². The van der Waals surface area contributed by atoms with Crippen molar-refractivity contribution in [2.45, 2.75) is 39.7 Å². The predicted octanol–water partition coefficient (Wildman–Crippen LogP) is 3.50. The number of nitrogens with zero attached hydrogens (tertiary/aromatic N) is 1. The standard InChI is InChI=1S/C17H23ClN2O3.ClH/c1-10-7-11(2)15(14(18)8-10)19-16(21)12(3)20-6-4-5-13(9-20)17(22)23;/h7-8,12-13H,4-6,9H2,1-3H3,(H,19,21)(H,22,23);1H. The van der Waals surface area contributed by atoms with E-state index in [4.69, 9.17) is 16.7 Å². The summed E-state index contributed by atoms with van der Waals surface area (Å²) in [6, 6.07) is 3.39. The number of benzene rings is 1. The molecule has 1 saturated heterocycles. The molecule has 0 aromatic heterocycles. The molecule has 1 aromatic carbocycles. The molecule has 1 amide bonds. The number of halogens is 2. The Balaban J connectivity index is 0.00000288. The van der Waals surface area contributed by atoms with E-state index in [2.05, 4.69) is 5.32 Å². The highest BCUT2D eigenvalue weighted by atomic mass is 35.5. The van der Waals surface area contributed by atoms with Gasteiger partial charge in [-0.05, 0) is 57.4 Å². The molecule has 1 fully saturated rings. The SMILES string of the molecule is Cc1cc(C)c(NC(=O)C(C)N2CCCC(C(=O)O)C2)c(Cl)c1.Cl. The zero-order valence-corrected chi connectivity index (χ0v) is 15.7. The summed E-state index contributed by atoms with van der Waals surface area (Å²) in [6.07, 6.45) is 1.46. The van der Waals surface area contributed by atoms with Gasteiger partial charge in [-0.3, -0.25) is 14.5 Å². The van der Waals surface area contributed by atoms with Gasteiger partial charge in [0.15, 0.2) is 0 Å². The van der Waals surface area contributed by atoms with E-state index in [1.807, 2.05) is 30.9 Å². The minimum Gasteiger partial charge on any atom is -0.481 e. The summed E-state index contributed by atoms with van der Waals surface area (Å²) in [7, 11) is 0. The molecule has 1 aliphatic heterocycles. The van der Waals surface area contributed by atoms with E-state index in [-0.39, 0.29) is 18.3 Å². The Morgan fingerprint density at radius 3 is 2.62 bits per heavy atom. The summed E-state index contributed by atoms with van der Waals surface area (Å²) < 4.78 is 0. The maximum Gasteiger partial charge on any atom is 0.307 e. The smallest absolute Gasteiger partial charge is 0.307 e. The molecule has 0 aliphatic carbocycles. The Hall–Kier alpha value is -1.30. The van der Waals surface area contributed by atoms with Crippen molar-refractivity contribution < 1.29 is 14.7 Å². The van der Waals surface area contributed by atoms with Crippen LogP contribution in [-0.4, -0.2) is 41.0 Å². The number of anilines is 1. The predicted molar refractivity (Wildman–Crippen MR) is 98.2 cm³/mol. The highest BCUT2D eigenvalue weighted by Gasteiger charge is 2.30. The first-order chi connectivity index (χ1) is 10.8. The third-order valence-corrected chi connectivity index (χ3v) is 4.71. The van der Waals surface area contributed by atoms with Crippen molar-refractivity contribution in [1.29, 1.82) is 0 Å². The molecule has 1 heterocycles. The van der Waals surface area contributed by atoms with Crippen LogP contribution in [0.4, 0.5) is 5.69 Å². The number of carboxylic acids is 1. The van der Waals surface area contributed by atoms with Crippen molar-refractivity contribution in [3.8, 4) is 0 Å². The molecule has 7 heteroatoms. The molecule has 1 aromatic rings. The zero-order chi connectivity index (χ0) is 17.1. The molecule has 2 atom stereocenters. The van der Waals surface area contributed by atoms with Gasteiger partial charge >= 0.3 is 5.97 Å². The largest absolute Gasteiger partial charge is 0.481 e. The van der Waals surface area contributed by atoms with Gasteiger partial charge in [-0.1, -0.05) is 17.7 Å². The first kappa shape index (κ1) is 20.7. The molecule has 0 spiro atoms. The Labute approximate surface area is 153 Å². The van der Waals surface area contributed by atoms with Gasteiger partial charge in [0, 0.05) is 6.54 Å². The Morgan fingerprint density at radius 1 is 1.38 bits per heavy atom. The number of nitrogens with one attached hydrogen (secondary N) is 1. The van der Waals surface area contributed by atoms with E-state index in [0.29, 0.717) is 23.7 Å². The summed E-state index contributed by atoms with van der Waals surface area (Å²) in [5, 5.41) is 12.6. The molecule has 1 aliphatic rings. The van der Waals surface area contributed by atoms with E-state index in [1.54, 1.807) is 6.92 Å². The normalized spacial score (nSPS) is 19.2. The van der Waals surface area contributed by atoms with Crippen LogP contribution in [0.15, 0.2) is 12.1 Å². The van der Waals surface area contributed by atoms with Crippen molar-refractivity contribution in [2.24, 2.45) is 5.92 Å². The average Bonchev–Trinajstić information content (AvgIpc) is 2.50. The number of hydrogen-bond donors (Lipinski definition) is 2. The topological polar surface area (TPSA) is 69.6 Å². The van der Waals surface area contributed by atoms with Crippen LogP contribution in [-0.2, 0) is 9.59 Å². The summed E-state index contributed by atoms with van der Waals surface area (Å²) in [5.41, 5.74) is 2.58. The maximum atomic E-state index is 12.5. The zero-order valence-electron chi connectivity index (χ0n) is 14.1. The van der Waals surface area contributed by atoms with Crippen molar-refractivity contribution in [1.82, 2.24) is 4.90 Å². The monoisotopic (exact) mass is 374 g/mol. The number of hydrogen-bond acceptors (Lipinski definition) is 3. The number of piperidine rings is 1. The molecule has 2 N–H and O–H groups in total. The summed E-state index contributed by atoms with van der Waals surface area (Å²) >= 11 is 6.23. The van der Waals surface area contributed by atoms with Gasteiger partial charge in [-0.25, -0.2) is 0 Å². The van der Waals surface area contributed by atoms with E-state index in [0.717, 1.165) is 24.1 Å². The van der Waals surface area contributed by atoms with Crippen LogP contribution in [0.25, 0.3) is 0 Å². The van der Waals surface area contributed by atoms with Crippen LogP contribution in [0.2, 0.25) is 5.02 Å². The molecule has 5 nitrogen and oxygen atoms in total. The third-order valence-electron chi connectivity index (χ3n) is 4.41. The van der Waals surface area contributed by atoms with Gasteiger partial charge < -0.3 is 10.4 Å². The van der Waals surface area contributed by atoms with Gasteiger partial charge in [0.1, 0.15) is 0 Å². The number of carboxylic acid groups (broad SMARTS) is 1. The van der Waals surface area contributed by atoms with Crippen LogP contribution < -0.4 is 5.32 Å². The number of aliphatic carboxylic acids is 1. The second-order valence-electron chi connectivity index (χ2n) is 6.28. The second kappa shape index (κ2) is 8.70. The fourth-order valence-electron chi connectivity index (χ4n) is 3.03. The van der Waals surface area contributed by atoms with E-state index < -0.39 is 17.9 Å². The number of carbonyl (C=O) groups excluding carboxylic acids is 1. The van der Waals surface area contributed by atoms with Crippen LogP contribution >= 0.6 is 24.0 Å². The van der Waals surface area contributed by atoms with Crippen molar-refractivity contribution in [3.63, 3.8) is 0 Å². The minimum atomic E-state index is -0.792. The number of carbonyl (C=O) groups is 2. The van der Waals surface area contributed by atoms with Crippen LogP contribution in [0, 0.1) is 19.8 Å². The molecule has 2 unspecified atom stereocenters. The number of rotatable bonds is 4. The van der Waals surface area contributed by atoms with Gasteiger partial charge in [0.25, 0.3) is 0 Å². The van der Waals surface area contributed by atoms with E-state index in [1.165, 1.54) is 0 Å². The average molecular weight is 375 g/mol. The first-order valence-corrected chi connectivity index (χ1v) is 8.22. The molecule has 24 heavy (non-hydrogen) atoms. The lowest BCUT2D eigenvalue weighted by molar-refractivity contribution is -0.144. The number of likely N-dealkylation sites (tertiary alicyclic amines) is 1. The van der Waals surface area contributed by atoms with Crippen molar-refractivity contribution >= 4 is 41.6 Å². The lowest BCUT2D eigenvalue weighted by atomic mass is 9.97. The number of aryl methyl sites for hydroxylation is 2. The third kappa shape index (κ3) is 4.85. The molecule has 0 saturated carbocycles. The summed E-state index contributed by atoms with van der Waals surface area (Å²) in [6.45, 7) is 6.80. The Morgan fingerprint density at radius 2 is 2.04 bits per heavy atom. The quantitative estimate of drug-likeness (QED) is 0.845. The Bertz CT molecular complexity index is 599. The van der Waals surface area contributed by atoms with E-state index >= 15 is 0 Å². The summed E-state index contributed by atoms with van der Waals surface area (Å²) in [5.74, 6) is -1.35. The first-order valence-electron chi connectivity index (χ1n) is 7.84. The van der Waals surface area contributed by atoms with Gasteiger partial charge in [-0.2, -0.15) is 0 Å². The summed E-state index contributed by atoms with van der Waals surface area (Å²) in [4.78, 5) is 25.6. The maximum absolute atomic E-state index is 12.5. The molecular weight excluding hydrogens is 351 g/mol. The van der Waals surface area contributed by atoms with Gasteiger partial charge in [0.2, 0.25) is 5.91 Å². The van der Waals surface area contributed by atoms with Crippen molar-refractivity contribution in [2.75, 3.05) is 18.4 Å². The second-order valence-corrected chi connectivity index (χ2v) is 6.68. The molecule has 0 radical (unpaired) electrons. The fourth-order valence-corrected chi connectivity index (χ4v) is 3.40. The van der Waals surface area contributed by atoms with Crippen molar-refractivity contribution in [3.05, 3.63) is 28.3 Å². The molecule has 2 rings (SSSR count). The highest BCUT2D eigenvalue weighted by molar-refractivity contribution is 6.34. The lowest BCUT2D eigenvalue weighted by Gasteiger charge is -2.34. The minimum absolute atomic E-state index is 0. The van der Waals surface area contributed by atoms with E-state index in [9.17, 15) is 9.59 Å². The highest BCUT2D eigenvalue weighted by Crippen LogP contribution is 2.28. The molecular formula is C17H24Cl2N2O3. The molecule has 134 valence electrons. The van der Waals surface area contributed by atoms with Crippen LogP contribution in [0.5, 0.6) is 0 Å². The molecule has 0 bridgehead atoms. The van der Waals surface area contributed by atoms with Crippen LogP contribution in [0.1, 0.15) is 30.9 Å². The Kier molecular flexibility index (Phi) is 7.52. The van der Waals surface area contributed by atoms with Crippen LogP contribution in [0.3, 0.4) is 0 Å². The number of amides is 1. The fraction of sp³-hybridized carbons (Fsp3) is 0.529. The van der Waals surface area contributed by atoms with Gasteiger partial charge in [-0.15, -0.1) is 12.4 Å². The lowest BCUT2D eigenvalue weighted by Crippen LogP contribution is -2.48.